The van der Waals surface area contributed by atoms with Crippen LogP contribution in [-0.2, 0) is 21.4 Å². The van der Waals surface area contributed by atoms with E-state index in [1.165, 1.54) is 20.2 Å². The molecule has 0 unspecified atom stereocenters. The third kappa shape index (κ3) is 7.05. The fraction of sp³-hybridized carbons (Fsp3) is 0.323. The fourth-order valence-electron chi connectivity index (χ4n) is 5.02. The maximum absolute atomic E-state index is 13.5. The van der Waals surface area contributed by atoms with E-state index >= 15 is 0 Å². The van der Waals surface area contributed by atoms with Crippen LogP contribution >= 0.6 is 0 Å². The number of nitrogens with one attached hydrogen (secondary N) is 2. The lowest BCUT2D eigenvalue weighted by Gasteiger charge is -2.39. The topological polar surface area (TPSA) is 144 Å². The molecule has 4 bridgehead atoms. The van der Waals surface area contributed by atoms with E-state index in [-0.39, 0.29) is 36.3 Å². The van der Waals surface area contributed by atoms with E-state index in [2.05, 4.69) is 10.6 Å². The van der Waals surface area contributed by atoms with Gasteiger partial charge in [-0.05, 0) is 60.2 Å². The number of nitrogens with zero attached hydrogens (tertiary/aromatic N) is 2. The molecule has 1 saturated heterocycles. The smallest absolute Gasteiger partial charge is 0.258 e. The predicted molar refractivity (Wildman–Crippen MR) is 163 cm³/mol. The molecule has 3 aliphatic heterocycles. The zero-order valence-corrected chi connectivity index (χ0v) is 25.4. The molecular weight excluding hydrogens is 588 g/mol. The summed E-state index contributed by atoms with van der Waals surface area (Å²) in [5, 5.41) is 5.83. The van der Waals surface area contributed by atoms with Gasteiger partial charge in [0, 0.05) is 44.2 Å². The number of fused-ring (bicyclic) bond motifs is 7. The Morgan fingerprint density at radius 1 is 1.05 bits per heavy atom. The van der Waals surface area contributed by atoms with Crippen molar-refractivity contribution < 1.29 is 37.0 Å². The zero-order chi connectivity index (χ0) is 31.4. The molecule has 12 nitrogen and oxygen atoms in total. The summed E-state index contributed by atoms with van der Waals surface area (Å²) in [6.07, 6.45) is 1.11. The first-order valence-electron chi connectivity index (χ1n) is 14.0. The second kappa shape index (κ2) is 12.8. The second-order valence-corrected chi connectivity index (χ2v) is 12.6. The van der Waals surface area contributed by atoms with Gasteiger partial charge < -0.3 is 29.7 Å². The first-order valence-corrected chi connectivity index (χ1v) is 15.8. The van der Waals surface area contributed by atoms with Gasteiger partial charge in [-0.2, -0.15) is 0 Å². The van der Waals surface area contributed by atoms with Crippen LogP contribution in [0.5, 0.6) is 17.2 Å². The van der Waals surface area contributed by atoms with E-state index in [9.17, 15) is 22.8 Å². The van der Waals surface area contributed by atoms with E-state index in [0.29, 0.717) is 42.3 Å². The van der Waals surface area contributed by atoms with Crippen molar-refractivity contribution in [2.24, 2.45) is 0 Å². The van der Waals surface area contributed by atoms with Gasteiger partial charge in [0.15, 0.2) is 18.1 Å². The van der Waals surface area contributed by atoms with Crippen LogP contribution < -0.4 is 29.1 Å². The van der Waals surface area contributed by atoms with Crippen LogP contribution in [0, 0.1) is 0 Å². The molecule has 3 heterocycles. The molecule has 3 aromatic rings. The van der Waals surface area contributed by atoms with E-state index in [1.807, 2.05) is 12.1 Å². The lowest BCUT2D eigenvalue weighted by molar-refractivity contribution is -0.123. The van der Waals surface area contributed by atoms with Crippen molar-refractivity contribution >= 4 is 33.4 Å². The van der Waals surface area contributed by atoms with Crippen LogP contribution in [0.25, 0.3) is 0 Å². The highest BCUT2D eigenvalue weighted by atomic mass is 32.2. The van der Waals surface area contributed by atoms with Gasteiger partial charge in [0.25, 0.3) is 17.7 Å². The summed E-state index contributed by atoms with van der Waals surface area (Å²) < 4.78 is 42.3. The summed E-state index contributed by atoms with van der Waals surface area (Å²) in [7, 11) is -0.535. The molecule has 0 aromatic heterocycles. The summed E-state index contributed by atoms with van der Waals surface area (Å²) in [5.74, 6) is 0.196. The fourth-order valence-corrected chi connectivity index (χ4v) is 5.53. The number of methoxy groups -OCH3 is 1. The Hall–Kier alpha value is -4.78. The van der Waals surface area contributed by atoms with Crippen molar-refractivity contribution in [3.63, 3.8) is 0 Å². The minimum atomic E-state index is -3.45. The number of ether oxygens (including phenoxy) is 3. The molecule has 44 heavy (non-hydrogen) atoms. The van der Waals surface area contributed by atoms with Crippen LogP contribution in [0.15, 0.2) is 66.7 Å². The number of likely N-dealkylation sites (tertiary alicyclic amines) is 1. The van der Waals surface area contributed by atoms with Crippen molar-refractivity contribution in [2.75, 3.05) is 44.4 Å². The third-order valence-electron chi connectivity index (χ3n) is 7.61. The number of piperidine rings is 1. The van der Waals surface area contributed by atoms with E-state index in [4.69, 9.17) is 14.2 Å². The zero-order valence-electron chi connectivity index (χ0n) is 24.6. The van der Waals surface area contributed by atoms with Gasteiger partial charge in [0.2, 0.25) is 10.0 Å². The van der Waals surface area contributed by atoms with Crippen LogP contribution in [-0.4, -0.2) is 83.3 Å². The second-order valence-electron chi connectivity index (χ2n) is 10.6. The number of anilines is 1. The van der Waals surface area contributed by atoms with Crippen LogP contribution in [0.2, 0.25) is 0 Å². The SMILES string of the molecule is COc1ccc2cc1OCC(=O)NCc1ccc(cc1)O[C@@H]1CCN(C(=O)c3ccc(N(C)S(C)(=O)=O)cc3)C[C@@H]1NC2=O. The summed E-state index contributed by atoms with van der Waals surface area (Å²) in [6.45, 7) is 0.589. The van der Waals surface area contributed by atoms with Crippen molar-refractivity contribution in [3.8, 4) is 17.2 Å². The summed E-state index contributed by atoms with van der Waals surface area (Å²) in [5.41, 5.74) is 1.97. The summed E-state index contributed by atoms with van der Waals surface area (Å²) in [4.78, 5) is 41.1. The highest BCUT2D eigenvalue weighted by molar-refractivity contribution is 7.92. The number of amides is 3. The first-order chi connectivity index (χ1) is 21.0. The van der Waals surface area contributed by atoms with E-state index in [1.54, 1.807) is 53.4 Å². The van der Waals surface area contributed by atoms with Gasteiger partial charge >= 0.3 is 0 Å². The van der Waals surface area contributed by atoms with E-state index in [0.717, 1.165) is 16.1 Å². The van der Waals surface area contributed by atoms with Gasteiger partial charge in [0.05, 0.1) is 25.1 Å². The summed E-state index contributed by atoms with van der Waals surface area (Å²) in [6, 6.07) is 17.7. The number of rotatable bonds is 4. The molecule has 0 aliphatic carbocycles. The minimum Gasteiger partial charge on any atom is -0.493 e. The molecule has 3 aliphatic rings. The van der Waals surface area contributed by atoms with Crippen LogP contribution in [0.3, 0.4) is 0 Å². The molecule has 232 valence electrons. The van der Waals surface area contributed by atoms with Gasteiger partial charge in [-0.15, -0.1) is 0 Å². The standard InChI is InChI=1S/C31H34N4O8S/c1-34(44(3,39)40)23-9-6-21(7-10-23)31(38)35-15-14-26-25(18-35)33-30(37)22-8-13-27(41-2)28(16-22)42-19-29(36)32-17-20-4-11-24(43-26)12-5-20/h4-13,16,25-26H,14-15,17-19H2,1-3H3,(H,32,36)(H,33,37)/t25-,26+/m0/s1. The van der Waals surface area contributed by atoms with Crippen LogP contribution in [0.1, 0.15) is 32.7 Å². The Bertz CT molecular complexity index is 1640. The molecular formula is C31H34N4O8S. The molecule has 2 N–H and O–H groups in total. The number of benzene rings is 3. The average molecular weight is 623 g/mol. The van der Waals surface area contributed by atoms with Gasteiger partial charge in [-0.1, -0.05) is 12.1 Å². The number of carbonyl (C=O) groups is 3. The Kier molecular flexibility index (Phi) is 8.95. The number of carbonyl (C=O) groups excluding carboxylic acids is 3. The molecule has 13 heteroatoms. The number of hydrogen-bond acceptors (Lipinski definition) is 8. The molecule has 3 amide bonds. The third-order valence-corrected chi connectivity index (χ3v) is 8.82. The molecule has 3 aromatic carbocycles. The Balaban J connectivity index is 1.40. The monoisotopic (exact) mass is 622 g/mol. The number of sulfonamides is 1. The van der Waals surface area contributed by atoms with Gasteiger partial charge in [-0.25, -0.2) is 8.42 Å². The summed E-state index contributed by atoms with van der Waals surface area (Å²) >= 11 is 0. The normalized spacial score (nSPS) is 18.9. The maximum Gasteiger partial charge on any atom is 0.258 e. The van der Waals surface area contributed by atoms with Crippen molar-refractivity contribution in [1.29, 1.82) is 0 Å². The Morgan fingerprint density at radius 3 is 2.45 bits per heavy atom. The predicted octanol–water partition coefficient (Wildman–Crippen LogP) is 2.19. The largest absolute Gasteiger partial charge is 0.493 e. The Labute approximate surface area is 255 Å². The highest BCUT2D eigenvalue weighted by Gasteiger charge is 2.35. The van der Waals surface area contributed by atoms with Crippen molar-refractivity contribution in [2.45, 2.75) is 25.1 Å². The molecule has 0 spiro atoms. The highest BCUT2D eigenvalue weighted by Crippen LogP contribution is 2.29. The first kappa shape index (κ1) is 30.7. The molecule has 6 rings (SSSR count). The van der Waals surface area contributed by atoms with Crippen molar-refractivity contribution in [3.05, 3.63) is 83.4 Å². The molecule has 1 fully saturated rings. The van der Waals surface area contributed by atoms with Gasteiger partial charge in [-0.3, -0.25) is 18.7 Å². The maximum atomic E-state index is 13.5. The Morgan fingerprint density at radius 2 is 1.77 bits per heavy atom. The van der Waals surface area contributed by atoms with Crippen LogP contribution in [0.4, 0.5) is 5.69 Å². The lowest BCUT2D eigenvalue weighted by atomic mass is 9.99. The molecule has 2 atom stereocenters. The molecule has 0 radical (unpaired) electrons. The lowest BCUT2D eigenvalue weighted by Crippen LogP contribution is -2.58. The van der Waals surface area contributed by atoms with E-state index < -0.39 is 28.1 Å². The minimum absolute atomic E-state index is 0.177. The average Bonchev–Trinajstić information content (AvgIpc) is 3.02. The van der Waals surface area contributed by atoms with Gasteiger partial charge in [0.1, 0.15) is 11.9 Å². The quantitative estimate of drug-likeness (QED) is 0.451. The molecule has 0 saturated carbocycles. The van der Waals surface area contributed by atoms with Crippen molar-refractivity contribution in [1.82, 2.24) is 15.5 Å². The number of hydrogen-bond donors (Lipinski definition) is 2.